The lowest BCUT2D eigenvalue weighted by Crippen LogP contribution is -2.55. The molecule has 27 heavy (non-hydrogen) atoms. The molecule has 1 saturated heterocycles. The van der Waals surface area contributed by atoms with E-state index in [9.17, 15) is 14.0 Å². The topological polar surface area (TPSA) is 70.7 Å². The molecule has 1 aromatic carbocycles. The molecule has 2 fully saturated rings. The predicted molar refractivity (Wildman–Crippen MR) is 99.7 cm³/mol. The van der Waals surface area contributed by atoms with Crippen LogP contribution in [0, 0.1) is 5.82 Å². The summed E-state index contributed by atoms with van der Waals surface area (Å²) < 4.78 is 19.0. The number of ether oxygens (including phenoxy) is 1. The van der Waals surface area contributed by atoms with Gasteiger partial charge in [0, 0.05) is 26.2 Å². The fourth-order valence-corrected chi connectivity index (χ4v) is 3.71. The SMILES string of the molecule is O=C1NCCN(C(=O)NCCCOC2CCCCC2)[C@@H]1c1ccc(F)cc1. The number of amides is 3. The number of hydrogen-bond acceptors (Lipinski definition) is 3. The van der Waals surface area contributed by atoms with E-state index in [2.05, 4.69) is 10.6 Å². The van der Waals surface area contributed by atoms with Crippen LogP contribution in [0.25, 0.3) is 0 Å². The van der Waals surface area contributed by atoms with Crippen LogP contribution < -0.4 is 10.6 Å². The monoisotopic (exact) mass is 377 g/mol. The molecule has 1 aromatic rings. The summed E-state index contributed by atoms with van der Waals surface area (Å²) in [6, 6.07) is 4.67. The van der Waals surface area contributed by atoms with Crippen molar-refractivity contribution in [1.29, 1.82) is 0 Å². The third kappa shape index (κ3) is 5.42. The Labute approximate surface area is 159 Å². The average Bonchev–Trinajstić information content (AvgIpc) is 2.69. The zero-order valence-electron chi connectivity index (χ0n) is 15.6. The molecule has 1 saturated carbocycles. The van der Waals surface area contributed by atoms with Gasteiger partial charge in [0.05, 0.1) is 6.10 Å². The standard InChI is InChI=1S/C20H28FN3O3/c21-16-9-7-15(8-10-16)18-19(25)22-12-13-24(18)20(26)23-11-4-14-27-17-5-2-1-3-6-17/h7-10,17-18H,1-6,11-14H2,(H,22,25)(H,23,26)/t18-/m1/s1. The largest absolute Gasteiger partial charge is 0.378 e. The number of carbonyl (C=O) groups excluding carboxylic acids is 2. The van der Waals surface area contributed by atoms with Gasteiger partial charge < -0.3 is 20.3 Å². The highest BCUT2D eigenvalue weighted by Gasteiger charge is 2.34. The van der Waals surface area contributed by atoms with Crippen LogP contribution in [0.2, 0.25) is 0 Å². The Morgan fingerprint density at radius 1 is 1.22 bits per heavy atom. The maximum atomic E-state index is 13.2. The Morgan fingerprint density at radius 3 is 2.70 bits per heavy atom. The lowest BCUT2D eigenvalue weighted by Gasteiger charge is -2.35. The summed E-state index contributed by atoms with van der Waals surface area (Å²) in [5.74, 6) is -0.618. The van der Waals surface area contributed by atoms with Crippen LogP contribution >= 0.6 is 0 Å². The fourth-order valence-electron chi connectivity index (χ4n) is 3.71. The highest BCUT2D eigenvalue weighted by Crippen LogP contribution is 2.24. The van der Waals surface area contributed by atoms with E-state index in [1.54, 1.807) is 12.1 Å². The summed E-state index contributed by atoms with van der Waals surface area (Å²) in [5, 5.41) is 5.64. The number of carbonyl (C=O) groups is 2. The molecule has 148 valence electrons. The first-order chi connectivity index (χ1) is 13.1. The van der Waals surface area contributed by atoms with Crippen LogP contribution in [-0.4, -0.2) is 49.2 Å². The molecule has 0 aromatic heterocycles. The Balaban J connectivity index is 1.48. The zero-order chi connectivity index (χ0) is 19.1. The van der Waals surface area contributed by atoms with Crippen LogP contribution in [0.3, 0.4) is 0 Å². The van der Waals surface area contributed by atoms with E-state index >= 15 is 0 Å². The molecule has 0 bridgehead atoms. The molecule has 0 unspecified atom stereocenters. The number of nitrogens with one attached hydrogen (secondary N) is 2. The number of hydrogen-bond donors (Lipinski definition) is 2. The first-order valence-electron chi connectivity index (χ1n) is 9.84. The highest BCUT2D eigenvalue weighted by atomic mass is 19.1. The third-order valence-corrected chi connectivity index (χ3v) is 5.16. The van der Waals surface area contributed by atoms with E-state index in [1.165, 1.54) is 36.3 Å². The molecule has 7 heteroatoms. The van der Waals surface area contributed by atoms with E-state index in [4.69, 9.17) is 4.74 Å². The molecular formula is C20H28FN3O3. The van der Waals surface area contributed by atoms with Gasteiger partial charge in [-0.3, -0.25) is 4.79 Å². The number of halogens is 1. The number of rotatable bonds is 6. The van der Waals surface area contributed by atoms with Gasteiger partial charge in [-0.25, -0.2) is 9.18 Å². The summed E-state index contributed by atoms with van der Waals surface area (Å²) in [6.07, 6.45) is 7.15. The van der Waals surface area contributed by atoms with Gasteiger partial charge in [0.25, 0.3) is 0 Å². The molecule has 6 nitrogen and oxygen atoms in total. The van der Waals surface area contributed by atoms with Crippen molar-refractivity contribution < 1.29 is 18.7 Å². The minimum atomic E-state index is -0.738. The first kappa shape index (κ1) is 19.6. The molecule has 1 aliphatic carbocycles. The second-order valence-corrected chi connectivity index (χ2v) is 7.15. The lowest BCUT2D eigenvalue weighted by atomic mass is 9.98. The maximum absolute atomic E-state index is 13.2. The summed E-state index contributed by atoms with van der Waals surface area (Å²) >= 11 is 0. The third-order valence-electron chi connectivity index (χ3n) is 5.16. The van der Waals surface area contributed by atoms with Crippen molar-refractivity contribution in [2.75, 3.05) is 26.2 Å². The molecule has 1 atom stereocenters. The first-order valence-corrected chi connectivity index (χ1v) is 9.84. The Hall–Kier alpha value is -2.15. The quantitative estimate of drug-likeness (QED) is 0.749. The van der Waals surface area contributed by atoms with E-state index in [0.717, 1.165) is 19.3 Å². The van der Waals surface area contributed by atoms with Crippen molar-refractivity contribution >= 4 is 11.9 Å². The van der Waals surface area contributed by atoms with Crippen molar-refractivity contribution in [3.8, 4) is 0 Å². The van der Waals surface area contributed by atoms with Gasteiger partial charge in [-0.05, 0) is 37.0 Å². The van der Waals surface area contributed by atoms with Crippen LogP contribution in [0.4, 0.5) is 9.18 Å². The molecule has 0 radical (unpaired) electrons. The Kier molecular flexibility index (Phi) is 7.04. The second kappa shape index (κ2) is 9.69. The second-order valence-electron chi connectivity index (χ2n) is 7.15. The van der Waals surface area contributed by atoms with Crippen LogP contribution in [0.1, 0.15) is 50.1 Å². The zero-order valence-corrected chi connectivity index (χ0v) is 15.6. The van der Waals surface area contributed by atoms with E-state index in [1.807, 2.05) is 0 Å². The minimum absolute atomic E-state index is 0.247. The summed E-state index contributed by atoms with van der Waals surface area (Å²) in [6.45, 7) is 1.96. The molecule has 1 heterocycles. The van der Waals surface area contributed by atoms with E-state index < -0.39 is 6.04 Å². The van der Waals surface area contributed by atoms with Gasteiger partial charge in [-0.15, -0.1) is 0 Å². The van der Waals surface area contributed by atoms with Crippen LogP contribution in [0.15, 0.2) is 24.3 Å². The van der Waals surface area contributed by atoms with Gasteiger partial charge in [0.1, 0.15) is 11.9 Å². The summed E-state index contributed by atoms with van der Waals surface area (Å²) in [5.41, 5.74) is 0.601. The fraction of sp³-hybridized carbons (Fsp3) is 0.600. The van der Waals surface area contributed by atoms with Crippen molar-refractivity contribution in [3.63, 3.8) is 0 Å². The smallest absolute Gasteiger partial charge is 0.318 e. The molecule has 2 N–H and O–H groups in total. The normalized spacial score (nSPS) is 21.0. The minimum Gasteiger partial charge on any atom is -0.378 e. The molecule has 1 aliphatic heterocycles. The van der Waals surface area contributed by atoms with Crippen molar-refractivity contribution in [3.05, 3.63) is 35.6 Å². The highest BCUT2D eigenvalue weighted by molar-refractivity contribution is 5.89. The number of piperazine rings is 1. The lowest BCUT2D eigenvalue weighted by molar-refractivity contribution is -0.127. The van der Waals surface area contributed by atoms with Crippen molar-refractivity contribution in [2.45, 2.75) is 50.7 Å². The summed E-state index contributed by atoms with van der Waals surface area (Å²) in [4.78, 5) is 26.4. The molecule has 0 spiro atoms. The Bertz CT molecular complexity index is 632. The van der Waals surface area contributed by atoms with Gasteiger partial charge in [0.2, 0.25) is 5.91 Å². The van der Waals surface area contributed by atoms with Gasteiger partial charge in [-0.1, -0.05) is 31.4 Å². The number of benzene rings is 1. The molecule has 3 amide bonds. The van der Waals surface area contributed by atoms with Crippen LogP contribution in [0.5, 0.6) is 0 Å². The molecule has 2 aliphatic rings. The maximum Gasteiger partial charge on any atom is 0.318 e. The Morgan fingerprint density at radius 2 is 1.96 bits per heavy atom. The average molecular weight is 377 g/mol. The van der Waals surface area contributed by atoms with Crippen molar-refractivity contribution in [1.82, 2.24) is 15.5 Å². The van der Waals surface area contributed by atoms with Crippen LogP contribution in [-0.2, 0) is 9.53 Å². The van der Waals surface area contributed by atoms with Crippen molar-refractivity contribution in [2.24, 2.45) is 0 Å². The molecular weight excluding hydrogens is 349 g/mol. The van der Waals surface area contributed by atoms with Gasteiger partial charge in [0.15, 0.2) is 0 Å². The van der Waals surface area contributed by atoms with E-state index in [0.29, 0.717) is 37.9 Å². The summed E-state index contributed by atoms with van der Waals surface area (Å²) in [7, 11) is 0. The number of urea groups is 1. The number of nitrogens with zero attached hydrogens (tertiary/aromatic N) is 1. The van der Waals surface area contributed by atoms with Gasteiger partial charge >= 0.3 is 6.03 Å². The molecule has 3 rings (SSSR count). The van der Waals surface area contributed by atoms with Gasteiger partial charge in [-0.2, -0.15) is 0 Å². The predicted octanol–water partition coefficient (Wildman–Crippen LogP) is 2.75. The van der Waals surface area contributed by atoms with E-state index in [-0.39, 0.29) is 17.8 Å².